The molecule has 0 fully saturated rings. The van der Waals surface area contributed by atoms with Crippen LogP contribution in [0.3, 0.4) is 0 Å². The lowest BCUT2D eigenvalue weighted by Crippen LogP contribution is -2.46. The van der Waals surface area contributed by atoms with E-state index in [1.165, 1.54) is 7.05 Å². The number of halogens is 1. The first-order valence-corrected chi connectivity index (χ1v) is 4.35. The molecule has 6 nitrogen and oxygen atoms in total. The van der Waals surface area contributed by atoms with Gasteiger partial charge in [0.25, 0.3) is 5.91 Å². The zero-order valence-electron chi connectivity index (χ0n) is 7.55. The molecule has 0 bridgehead atoms. The second kappa shape index (κ2) is 5.79. The molecule has 0 aliphatic rings. The molecule has 0 aromatic heterocycles. The molecular formula is C7H12ClNO5. The number of hydrogen-bond donors (Lipinski definition) is 3. The predicted octanol–water partition coefficient (Wildman–Crippen LogP) is -1.51. The van der Waals surface area contributed by atoms with Crippen molar-refractivity contribution in [3.05, 3.63) is 0 Å². The summed E-state index contributed by atoms with van der Waals surface area (Å²) in [5.74, 6) is -2.36. The highest BCUT2D eigenvalue weighted by Crippen LogP contribution is 1.99. The van der Waals surface area contributed by atoms with E-state index in [2.05, 4.69) is 0 Å². The maximum absolute atomic E-state index is 11.2. The number of hydrogen-bond acceptors (Lipinski definition) is 4. The summed E-state index contributed by atoms with van der Waals surface area (Å²) in [6.45, 7) is 0.170. The zero-order valence-corrected chi connectivity index (χ0v) is 8.31. The highest BCUT2D eigenvalue weighted by molar-refractivity contribution is 6.18. The number of aliphatic hydroxyl groups excluding tert-OH is 2. The summed E-state index contributed by atoms with van der Waals surface area (Å²) >= 11 is 5.33. The summed E-state index contributed by atoms with van der Waals surface area (Å²) in [6.07, 6.45) is -4.07. The quantitative estimate of drug-likeness (QED) is 0.494. The van der Waals surface area contributed by atoms with Gasteiger partial charge >= 0.3 is 5.97 Å². The minimum Gasteiger partial charge on any atom is -0.479 e. The Hall–Kier alpha value is -0.850. The molecule has 82 valence electrons. The number of carboxylic acid groups (broad SMARTS) is 1. The number of amides is 1. The third kappa shape index (κ3) is 3.49. The molecule has 3 N–H and O–H groups in total. The number of carbonyl (C=O) groups is 2. The fourth-order valence-corrected chi connectivity index (χ4v) is 0.986. The van der Waals surface area contributed by atoms with Crippen molar-refractivity contribution in [1.82, 2.24) is 4.90 Å². The van der Waals surface area contributed by atoms with Crippen LogP contribution in [-0.2, 0) is 9.59 Å². The summed E-state index contributed by atoms with van der Waals surface area (Å²) in [6, 6.07) is 0. The van der Waals surface area contributed by atoms with Crippen molar-refractivity contribution in [3.63, 3.8) is 0 Å². The summed E-state index contributed by atoms with van der Waals surface area (Å²) in [5, 5.41) is 26.2. The Morgan fingerprint density at radius 1 is 1.36 bits per heavy atom. The molecule has 0 spiro atoms. The van der Waals surface area contributed by atoms with Gasteiger partial charge in [0, 0.05) is 19.5 Å². The standard InChI is InChI=1S/C7H12ClNO5/c1-9(3-2-8)6(12)4(10)5(11)7(13)14/h4-5,10-11H,2-3H2,1H3,(H,13,14)/t4-,5-/m1/s1. The van der Waals surface area contributed by atoms with E-state index in [9.17, 15) is 9.59 Å². The van der Waals surface area contributed by atoms with Gasteiger partial charge < -0.3 is 20.2 Å². The Morgan fingerprint density at radius 2 is 1.86 bits per heavy atom. The van der Waals surface area contributed by atoms with Crippen LogP contribution in [0.4, 0.5) is 0 Å². The minimum atomic E-state index is -2.11. The third-order valence-corrected chi connectivity index (χ3v) is 1.77. The van der Waals surface area contributed by atoms with Crippen LogP contribution in [0.2, 0.25) is 0 Å². The van der Waals surface area contributed by atoms with Crippen molar-refractivity contribution < 1.29 is 24.9 Å². The predicted molar refractivity (Wildman–Crippen MR) is 48.0 cm³/mol. The molecule has 2 atom stereocenters. The van der Waals surface area contributed by atoms with Gasteiger partial charge in [0.1, 0.15) is 0 Å². The Morgan fingerprint density at radius 3 is 2.21 bits per heavy atom. The van der Waals surface area contributed by atoms with Gasteiger partial charge in [-0.15, -0.1) is 11.6 Å². The van der Waals surface area contributed by atoms with Gasteiger partial charge in [-0.2, -0.15) is 0 Å². The van der Waals surface area contributed by atoms with Gasteiger partial charge in [-0.3, -0.25) is 4.79 Å². The molecule has 0 aromatic carbocycles. The number of likely N-dealkylation sites (N-methyl/N-ethyl adjacent to an activating group) is 1. The lowest BCUT2D eigenvalue weighted by Gasteiger charge is -2.20. The average molecular weight is 226 g/mol. The van der Waals surface area contributed by atoms with Crippen LogP contribution in [0, 0.1) is 0 Å². The van der Waals surface area contributed by atoms with E-state index in [1.54, 1.807) is 0 Å². The van der Waals surface area contributed by atoms with E-state index in [0.29, 0.717) is 0 Å². The van der Waals surface area contributed by atoms with Crippen LogP contribution >= 0.6 is 11.6 Å². The SMILES string of the molecule is CN(CCCl)C(=O)[C@H](O)[C@@H](O)C(=O)O. The van der Waals surface area contributed by atoms with E-state index in [1.807, 2.05) is 0 Å². The van der Waals surface area contributed by atoms with Crippen molar-refractivity contribution in [1.29, 1.82) is 0 Å². The van der Waals surface area contributed by atoms with Crippen LogP contribution in [0.1, 0.15) is 0 Å². The van der Waals surface area contributed by atoms with Crippen LogP contribution in [0.5, 0.6) is 0 Å². The van der Waals surface area contributed by atoms with Crippen LogP contribution in [-0.4, -0.2) is 63.8 Å². The topological polar surface area (TPSA) is 98.1 Å². The second-order valence-electron chi connectivity index (χ2n) is 2.68. The number of alkyl halides is 1. The monoisotopic (exact) mass is 225 g/mol. The Labute approximate surface area is 85.7 Å². The highest BCUT2D eigenvalue weighted by atomic mass is 35.5. The Kier molecular flexibility index (Phi) is 5.44. The van der Waals surface area contributed by atoms with Gasteiger partial charge in [-0.25, -0.2) is 4.79 Å². The number of rotatable bonds is 5. The molecule has 0 heterocycles. The molecule has 0 aliphatic heterocycles. The van der Waals surface area contributed by atoms with Gasteiger partial charge in [-0.1, -0.05) is 0 Å². The van der Waals surface area contributed by atoms with Gasteiger partial charge in [0.05, 0.1) is 0 Å². The van der Waals surface area contributed by atoms with Crippen molar-refractivity contribution in [2.75, 3.05) is 19.5 Å². The summed E-state index contributed by atoms with van der Waals surface area (Å²) in [5.41, 5.74) is 0. The van der Waals surface area contributed by atoms with E-state index in [4.69, 9.17) is 26.9 Å². The van der Waals surface area contributed by atoms with Gasteiger partial charge in [-0.05, 0) is 0 Å². The first-order chi connectivity index (χ1) is 6.41. The molecule has 0 aliphatic carbocycles. The molecular weight excluding hydrogens is 214 g/mol. The fourth-order valence-electron chi connectivity index (χ4n) is 0.733. The molecule has 0 saturated carbocycles. The van der Waals surface area contributed by atoms with E-state index >= 15 is 0 Å². The molecule has 0 rings (SSSR count). The third-order valence-electron chi connectivity index (χ3n) is 1.60. The van der Waals surface area contributed by atoms with E-state index in [-0.39, 0.29) is 12.4 Å². The Balaban J connectivity index is 4.30. The average Bonchev–Trinajstić information content (AvgIpc) is 2.14. The summed E-state index contributed by atoms with van der Waals surface area (Å²) in [7, 11) is 1.35. The van der Waals surface area contributed by atoms with Crippen LogP contribution in [0.15, 0.2) is 0 Å². The van der Waals surface area contributed by atoms with Crippen molar-refractivity contribution in [3.8, 4) is 0 Å². The molecule has 0 unspecified atom stereocenters. The maximum atomic E-state index is 11.2. The highest BCUT2D eigenvalue weighted by Gasteiger charge is 2.31. The van der Waals surface area contributed by atoms with Gasteiger partial charge in [0.2, 0.25) is 0 Å². The largest absolute Gasteiger partial charge is 0.479 e. The zero-order chi connectivity index (χ0) is 11.3. The van der Waals surface area contributed by atoms with Gasteiger partial charge in [0.15, 0.2) is 12.2 Å². The fraction of sp³-hybridized carbons (Fsp3) is 0.714. The van der Waals surface area contributed by atoms with E-state index < -0.39 is 24.1 Å². The minimum absolute atomic E-state index is 0.165. The number of aliphatic hydroxyl groups is 2. The lowest BCUT2D eigenvalue weighted by molar-refractivity contribution is -0.161. The van der Waals surface area contributed by atoms with Crippen molar-refractivity contribution >= 4 is 23.5 Å². The molecule has 14 heavy (non-hydrogen) atoms. The number of aliphatic carboxylic acids is 1. The smallest absolute Gasteiger partial charge is 0.335 e. The summed E-state index contributed by atoms with van der Waals surface area (Å²) in [4.78, 5) is 22.4. The summed E-state index contributed by atoms with van der Waals surface area (Å²) < 4.78 is 0. The second-order valence-corrected chi connectivity index (χ2v) is 3.05. The first-order valence-electron chi connectivity index (χ1n) is 3.81. The van der Waals surface area contributed by atoms with E-state index in [0.717, 1.165) is 4.90 Å². The normalized spacial score (nSPS) is 14.6. The number of carboxylic acids is 1. The maximum Gasteiger partial charge on any atom is 0.335 e. The molecule has 0 saturated heterocycles. The number of nitrogens with zero attached hydrogens (tertiary/aromatic N) is 1. The van der Waals surface area contributed by atoms with Crippen LogP contribution in [0.25, 0.3) is 0 Å². The number of carbonyl (C=O) groups excluding carboxylic acids is 1. The molecule has 0 aromatic rings. The molecule has 0 radical (unpaired) electrons. The van der Waals surface area contributed by atoms with Crippen LogP contribution < -0.4 is 0 Å². The first kappa shape index (κ1) is 13.2. The van der Waals surface area contributed by atoms with Crippen molar-refractivity contribution in [2.24, 2.45) is 0 Å². The molecule has 7 heteroatoms. The Bertz CT molecular complexity index is 222. The molecule has 1 amide bonds. The van der Waals surface area contributed by atoms with Crippen molar-refractivity contribution in [2.45, 2.75) is 12.2 Å². The lowest BCUT2D eigenvalue weighted by atomic mass is 10.2.